The molecular formula is C18H18N4O3. The van der Waals surface area contributed by atoms with Crippen LogP contribution in [0.3, 0.4) is 0 Å². The molecule has 4 rings (SSSR count). The van der Waals surface area contributed by atoms with Crippen LogP contribution < -0.4 is 0 Å². The molecule has 25 heavy (non-hydrogen) atoms. The second kappa shape index (κ2) is 6.60. The lowest BCUT2D eigenvalue weighted by molar-refractivity contribution is -0.134. The second-order valence-electron chi connectivity index (χ2n) is 5.98. The highest BCUT2D eigenvalue weighted by Crippen LogP contribution is 2.22. The van der Waals surface area contributed by atoms with Crippen molar-refractivity contribution in [2.45, 2.75) is 13.3 Å². The maximum atomic E-state index is 12.4. The lowest BCUT2D eigenvalue weighted by atomic mass is 10.1. The van der Waals surface area contributed by atoms with Gasteiger partial charge >= 0.3 is 0 Å². The van der Waals surface area contributed by atoms with E-state index in [-0.39, 0.29) is 12.3 Å². The Hall–Kier alpha value is -2.80. The number of aromatic nitrogens is 3. The van der Waals surface area contributed by atoms with E-state index >= 15 is 0 Å². The fourth-order valence-corrected chi connectivity index (χ4v) is 2.85. The Morgan fingerprint density at radius 1 is 1.20 bits per heavy atom. The quantitative estimate of drug-likeness (QED) is 0.726. The van der Waals surface area contributed by atoms with E-state index in [1.807, 2.05) is 23.1 Å². The van der Waals surface area contributed by atoms with Crippen molar-refractivity contribution < 1.29 is 13.9 Å². The molecule has 0 N–H and O–H groups in total. The molecule has 0 bridgehead atoms. The summed E-state index contributed by atoms with van der Waals surface area (Å²) in [6, 6.07) is 5.68. The predicted molar refractivity (Wildman–Crippen MR) is 90.9 cm³/mol. The standard InChI is InChI=1S/C18H18N4O3/c1-12-19-11-17(25-12)15-3-2-13-10-20-14(8-16(13)21-15)9-18(23)22-4-6-24-7-5-22/h2-3,8,10-11H,4-7,9H2,1H3. The predicted octanol–water partition coefficient (Wildman–Crippen LogP) is 1.99. The van der Waals surface area contributed by atoms with Crippen molar-refractivity contribution in [2.24, 2.45) is 0 Å². The molecule has 1 aliphatic rings. The third-order valence-corrected chi connectivity index (χ3v) is 4.20. The average molecular weight is 338 g/mol. The van der Waals surface area contributed by atoms with E-state index in [9.17, 15) is 4.79 Å². The molecule has 128 valence electrons. The molecule has 1 saturated heterocycles. The van der Waals surface area contributed by atoms with Crippen LogP contribution in [-0.2, 0) is 16.0 Å². The van der Waals surface area contributed by atoms with Gasteiger partial charge in [0.2, 0.25) is 5.91 Å². The average Bonchev–Trinajstić information content (AvgIpc) is 3.08. The van der Waals surface area contributed by atoms with Gasteiger partial charge in [0.15, 0.2) is 11.7 Å². The number of carbonyl (C=O) groups is 1. The molecule has 0 aliphatic carbocycles. The van der Waals surface area contributed by atoms with E-state index in [4.69, 9.17) is 9.15 Å². The zero-order valence-electron chi connectivity index (χ0n) is 13.9. The number of ether oxygens (including phenoxy) is 1. The molecule has 0 radical (unpaired) electrons. The van der Waals surface area contributed by atoms with E-state index in [0.29, 0.717) is 49.3 Å². The maximum absolute atomic E-state index is 12.4. The summed E-state index contributed by atoms with van der Waals surface area (Å²) in [5.74, 6) is 1.29. The summed E-state index contributed by atoms with van der Waals surface area (Å²) in [5.41, 5.74) is 2.21. The number of morpholine rings is 1. The number of aryl methyl sites for hydroxylation is 1. The topological polar surface area (TPSA) is 81.4 Å². The van der Waals surface area contributed by atoms with Gasteiger partial charge in [-0.15, -0.1) is 0 Å². The van der Waals surface area contributed by atoms with Gasteiger partial charge in [-0.1, -0.05) is 0 Å². The fourth-order valence-electron chi connectivity index (χ4n) is 2.85. The van der Waals surface area contributed by atoms with Crippen molar-refractivity contribution >= 4 is 16.8 Å². The van der Waals surface area contributed by atoms with Crippen LogP contribution in [0.1, 0.15) is 11.6 Å². The SMILES string of the molecule is Cc1ncc(-c2ccc3cnc(CC(=O)N4CCOCC4)cc3n2)o1. The van der Waals surface area contributed by atoms with Crippen LogP contribution in [0.4, 0.5) is 0 Å². The van der Waals surface area contributed by atoms with Gasteiger partial charge in [-0.25, -0.2) is 9.97 Å². The summed E-state index contributed by atoms with van der Waals surface area (Å²) in [4.78, 5) is 27.3. The van der Waals surface area contributed by atoms with Crippen molar-refractivity contribution in [1.82, 2.24) is 19.9 Å². The summed E-state index contributed by atoms with van der Waals surface area (Å²) in [5, 5.41) is 0.919. The van der Waals surface area contributed by atoms with E-state index in [2.05, 4.69) is 15.0 Å². The van der Waals surface area contributed by atoms with Gasteiger partial charge in [-0.05, 0) is 18.2 Å². The molecule has 0 unspecified atom stereocenters. The third-order valence-electron chi connectivity index (χ3n) is 4.20. The summed E-state index contributed by atoms with van der Waals surface area (Å²) in [6.07, 6.45) is 3.68. The van der Waals surface area contributed by atoms with Gasteiger partial charge in [0.25, 0.3) is 0 Å². The molecule has 0 atom stereocenters. The number of pyridine rings is 2. The molecule has 1 amide bonds. The van der Waals surface area contributed by atoms with E-state index < -0.39 is 0 Å². The van der Waals surface area contributed by atoms with Gasteiger partial charge in [0.1, 0.15) is 5.69 Å². The Kier molecular flexibility index (Phi) is 4.15. The second-order valence-corrected chi connectivity index (χ2v) is 5.98. The maximum Gasteiger partial charge on any atom is 0.228 e. The fraction of sp³-hybridized carbons (Fsp3) is 0.333. The van der Waals surface area contributed by atoms with Crippen LogP contribution in [0.25, 0.3) is 22.4 Å². The first-order valence-electron chi connectivity index (χ1n) is 8.23. The summed E-state index contributed by atoms with van der Waals surface area (Å²) >= 11 is 0. The van der Waals surface area contributed by atoms with Crippen LogP contribution in [-0.4, -0.2) is 52.1 Å². The van der Waals surface area contributed by atoms with Crippen LogP contribution in [0.15, 0.2) is 35.0 Å². The molecule has 1 fully saturated rings. The summed E-state index contributed by atoms with van der Waals surface area (Å²) in [6.45, 7) is 4.26. The van der Waals surface area contributed by atoms with Crippen molar-refractivity contribution in [3.8, 4) is 11.5 Å². The molecule has 7 nitrogen and oxygen atoms in total. The van der Waals surface area contributed by atoms with Crippen molar-refractivity contribution in [3.63, 3.8) is 0 Å². The van der Waals surface area contributed by atoms with Gasteiger partial charge in [0, 0.05) is 31.6 Å². The minimum absolute atomic E-state index is 0.0668. The highest BCUT2D eigenvalue weighted by molar-refractivity contribution is 5.83. The number of carbonyl (C=O) groups excluding carboxylic acids is 1. The first kappa shape index (κ1) is 15.7. The summed E-state index contributed by atoms with van der Waals surface area (Å²) < 4.78 is 10.8. The number of nitrogens with zero attached hydrogens (tertiary/aromatic N) is 4. The van der Waals surface area contributed by atoms with Crippen LogP contribution in [0, 0.1) is 6.92 Å². The molecule has 3 aromatic heterocycles. The zero-order valence-corrected chi connectivity index (χ0v) is 13.9. The third kappa shape index (κ3) is 3.36. The highest BCUT2D eigenvalue weighted by Gasteiger charge is 2.18. The van der Waals surface area contributed by atoms with E-state index in [0.717, 1.165) is 10.9 Å². The minimum atomic E-state index is 0.0668. The van der Waals surface area contributed by atoms with Crippen LogP contribution in [0.5, 0.6) is 0 Å². The molecule has 0 spiro atoms. The van der Waals surface area contributed by atoms with Gasteiger partial charge in [-0.2, -0.15) is 0 Å². The zero-order chi connectivity index (χ0) is 17.2. The van der Waals surface area contributed by atoms with Crippen LogP contribution >= 0.6 is 0 Å². The lowest BCUT2D eigenvalue weighted by Crippen LogP contribution is -2.41. The number of oxazole rings is 1. The lowest BCUT2D eigenvalue weighted by Gasteiger charge is -2.26. The van der Waals surface area contributed by atoms with Crippen molar-refractivity contribution in [1.29, 1.82) is 0 Å². The Morgan fingerprint density at radius 2 is 2.04 bits per heavy atom. The molecule has 4 heterocycles. The Bertz CT molecular complexity index is 916. The van der Waals surface area contributed by atoms with E-state index in [1.165, 1.54) is 0 Å². The first-order valence-corrected chi connectivity index (χ1v) is 8.23. The number of amides is 1. The number of hydrogen-bond donors (Lipinski definition) is 0. The molecule has 7 heteroatoms. The highest BCUT2D eigenvalue weighted by atomic mass is 16.5. The molecular weight excluding hydrogens is 320 g/mol. The van der Waals surface area contributed by atoms with E-state index in [1.54, 1.807) is 19.3 Å². The molecule has 3 aromatic rings. The van der Waals surface area contributed by atoms with Crippen LogP contribution in [0.2, 0.25) is 0 Å². The Balaban J connectivity index is 1.59. The molecule has 0 aromatic carbocycles. The van der Waals surface area contributed by atoms with Gasteiger partial charge in [-0.3, -0.25) is 9.78 Å². The number of hydrogen-bond acceptors (Lipinski definition) is 6. The Morgan fingerprint density at radius 3 is 2.80 bits per heavy atom. The van der Waals surface area contributed by atoms with Gasteiger partial charge in [0.05, 0.1) is 37.0 Å². The van der Waals surface area contributed by atoms with Crippen molar-refractivity contribution in [3.05, 3.63) is 42.2 Å². The molecule has 0 saturated carbocycles. The number of fused-ring (bicyclic) bond motifs is 1. The van der Waals surface area contributed by atoms with Crippen molar-refractivity contribution in [2.75, 3.05) is 26.3 Å². The monoisotopic (exact) mass is 338 g/mol. The first-order chi connectivity index (χ1) is 12.2. The number of rotatable bonds is 3. The van der Waals surface area contributed by atoms with Gasteiger partial charge < -0.3 is 14.1 Å². The minimum Gasteiger partial charge on any atom is -0.439 e. The smallest absolute Gasteiger partial charge is 0.228 e. The molecule has 1 aliphatic heterocycles. The normalized spacial score (nSPS) is 14.8. The largest absolute Gasteiger partial charge is 0.439 e. The summed E-state index contributed by atoms with van der Waals surface area (Å²) in [7, 11) is 0. The Labute approximate surface area is 144 Å².